The number of sulfonamides is 1. The molecule has 2 rings (SSSR count). The second kappa shape index (κ2) is 5.10. The van der Waals surface area contributed by atoms with Crippen LogP contribution in [-0.4, -0.2) is 23.6 Å². The molecule has 0 spiro atoms. The summed E-state index contributed by atoms with van der Waals surface area (Å²) in [4.78, 5) is 4.34. The molecule has 0 aliphatic rings. The van der Waals surface area contributed by atoms with E-state index in [0.29, 0.717) is 17.1 Å². The molecule has 2 heterocycles. The highest BCUT2D eigenvalue weighted by Crippen LogP contribution is 2.19. The lowest BCUT2D eigenvalue weighted by molar-refractivity contribution is 0.563. The first-order valence-corrected chi connectivity index (χ1v) is 7.35. The molecule has 1 unspecified atom stereocenters. The van der Waals surface area contributed by atoms with Crippen LogP contribution < -0.4 is 4.72 Å². The lowest BCUT2D eigenvalue weighted by Crippen LogP contribution is -2.28. The highest BCUT2D eigenvalue weighted by Gasteiger charge is 2.24. The van der Waals surface area contributed by atoms with Gasteiger partial charge in [-0.25, -0.2) is 13.1 Å². The second-order valence-electron chi connectivity index (χ2n) is 4.36. The zero-order valence-corrected chi connectivity index (χ0v) is 11.8. The average molecular weight is 280 g/mol. The fraction of sp³-hybridized carbons (Fsp3) is 0.333. The van der Waals surface area contributed by atoms with E-state index in [0.717, 1.165) is 0 Å². The van der Waals surface area contributed by atoms with Crippen LogP contribution in [-0.2, 0) is 10.0 Å². The molecule has 0 aromatic carbocycles. The van der Waals surface area contributed by atoms with Crippen molar-refractivity contribution in [3.63, 3.8) is 0 Å². The number of nitrogens with zero attached hydrogens (tertiary/aromatic N) is 2. The zero-order valence-electron chi connectivity index (χ0n) is 11.0. The van der Waals surface area contributed by atoms with E-state index in [4.69, 9.17) is 0 Å². The molecule has 0 bridgehead atoms. The minimum Gasteiger partial charge on any atom is -0.281 e. The molecule has 0 amide bonds. The van der Waals surface area contributed by atoms with Gasteiger partial charge in [-0.05, 0) is 32.9 Å². The molecule has 2 N–H and O–H groups in total. The van der Waals surface area contributed by atoms with E-state index in [2.05, 4.69) is 19.9 Å². The number of hydrogen-bond acceptors (Lipinski definition) is 4. The van der Waals surface area contributed by atoms with Crippen molar-refractivity contribution in [2.45, 2.75) is 31.7 Å². The minimum absolute atomic E-state index is 0.204. The van der Waals surface area contributed by atoms with Gasteiger partial charge in [0.25, 0.3) is 0 Å². The number of H-pyrrole nitrogens is 1. The molecule has 6 nitrogen and oxygen atoms in total. The van der Waals surface area contributed by atoms with E-state index >= 15 is 0 Å². The van der Waals surface area contributed by atoms with Crippen LogP contribution in [0.2, 0.25) is 0 Å². The van der Waals surface area contributed by atoms with Gasteiger partial charge in [0.05, 0.1) is 23.1 Å². The number of aryl methyl sites for hydroxylation is 2. The SMILES string of the molecule is Cc1n[nH]c(C)c1S(=O)(=O)NC(C)c1ccccn1. The largest absolute Gasteiger partial charge is 0.281 e. The monoisotopic (exact) mass is 280 g/mol. The summed E-state index contributed by atoms with van der Waals surface area (Å²) in [5.74, 6) is 0. The van der Waals surface area contributed by atoms with Crippen LogP contribution in [0.1, 0.15) is 30.0 Å². The van der Waals surface area contributed by atoms with Gasteiger partial charge in [-0.2, -0.15) is 5.10 Å². The number of aromatic amines is 1. The lowest BCUT2D eigenvalue weighted by atomic mass is 10.2. The predicted octanol–water partition coefficient (Wildman–Crippen LogP) is 1.46. The van der Waals surface area contributed by atoms with Gasteiger partial charge in [0, 0.05) is 6.20 Å². The summed E-state index contributed by atoms with van der Waals surface area (Å²) in [6, 6.07) is 4.98. The predicted molar refractivity (Wildman–Crippen MR) is 71.0 cm³/mol. The Kier molecular flexibility index (Phi) is 3.68. The van der Waals surface area contributed by atoms with Gasteiger partial charge in [-0.15, -0.1) is 0 Å². The van der Waals surface area contributed by atoms with Gasteiger partial charge >= 0.3 is 0 Å². The number of aromatic nitrogens is 3. The van der Waals surface area contributed by atoms with E-state index in [-0.39, 0.29) is 4.90 Å². The zero-order chi connectivity index (χ0) is 14.0. The molecule has 0 saturated heterocycles. The fourth-order valence-corrected chi connectivity index (χ4v) is 3.51. The van der Waals surface area contributed by atoms with Gasteiger partial charge in [-0.1, -0.05) is 6.07 Å². The highest BCUT2D eigenvalue weighted by atomic mass is 32.2. The van der Waals surface area contributed by atoms with Crippen LogP contribution in [0.3, 0.4) is 0 Å². The van der Waals surface area contributed by atoms with Crippen LogP contribution in [0.4, 0.5) is 0 Å². The third-order valence-electron chi connectivity index (χ3n) is 2.79. The van der Waals surface area contributed by atoms with Gasteiger partial charge in [0.15, 0.2) is 0 Å². The summed E-state index contributed by atoms with van der Waals surface area (Å²) >= 11 is 0. The topological polar surface area (TPSA) is 87.7 Å². The molecule has 0 aliphatic heterocycles. The highest BCUT2D eigenvalue weighted by molar-refractivity contribution is 7.89. The van der Waals surface area contributed by atoms with E-state index in [1.165, 1.54) is 0 Å². The van der Waals surface area contributed by atoms with Crippen molar-refractivity contribution in [2.75, 3.05) is 0 Å². The first kappa shape index (κ1) is 13.7. The fourth-order valence-electron chi connectivity index (χ4n) is 1.92. The van der Waals surface area contributed by atoms with Crippen molar-refractivity contribution >= 4 is 10.0 Å². The van der Waals surface area contributed by atoms with Gasteiger partial charge < -0.3 is 0 Å². The Morgan fingerprint density at radius 2 is 2.05 bits per heavy atom. The molecule has 19 heavy (non-hydrogen) atoms. The van der Waals surface area contributed by atoms with Crippen molar-refractivity contribution in [3.05, 3.63) is 41.5 Å². The summed E-state index contributed by atoms with van der Waals surface area (Å²) in [5, 5.41) is 6.57. The van der Waals surface area contributed by atoms with Crippen molar-refractivity contribution < 1.29 is 8.42 Å². The Morgan fingerprint density at radius 1 is 1.32 bits per heavy atom. The average Bonchev–Trinajstić information content (AvgIpc) is 2.70. The molecular formula is C12H16N4O2S. The van der Waals surface area contributed by atoms with Gasteiger partial charge in [0.2, 0.25) is 10.0 Å². The van der Waals surface area contributed by atoms with Crippen LogP contribution in [0, 0.1) is 13.8 Å². The minimum atomic E-state index is -3.61. The van der Waals surface area contributed by atoms with E-state index in [1.54, 1.807) is 39.1 Å². The molecular weight excluding hydrogens is 264 g/mol. The molecule has 0 fully saturated rings. The quantitative estimate of drug-likeness (QED) is 0.887. The third-order valence-corrected chi connectivity index (χ3v) is 4.60. The lowest BCUT2D eigenvalue weighted by Gasteiger charge is -2.13. The summed E-state index contributed by atoms with van der Waals surface area (Å²) in [7, 11) is -3.61. The number of rotatable bonds is 4. The smallest absolute Gasteiger partial charge is 0.244 e. The number of nitrogens with one attached hydrogen (secondary N) is 2. The molecule has 0 aliphatic carbocycles. The van der Waals surface area contributed by atoms with Crippen LogP contribution >= 0.6 is 0 Å². The molecule has 2 aromatic heterocycles. The molecule has 0 saturated carbocycles. The maximum Gasteiger partial charge on any atom is 0.244 e. The van der Waals surface area contributed by atoms with Crippen LogP contribution in [0.5, 0.6) is 0 Å². The molecule has 2 aromatic rings. The van der Waals surface area contributed by atoms with Crippen molar-refractivity contribution in [2.24, 2.45) is 0 Å². The van der Waals surface area contributed by atoms with Crippen molar-refractivity contribution in [1.29, 1.82) is 0 Å². The summed E-state index contributed by atoms with van der Waals surface area (Å²) in [6.07, 6.45) is 1.63. The maximum absolute atomic E-state index is 12.3. The first-order chi connectivity index (χ1) is 8.92. The van der Waals surface area contributed by atoms with E-state index < -0.39 is 16.1 Å². The number of pyridine rings is 1. The van der Waals surface area contributed by atoms with Gasteiger partial charge in [-0.3, -0.25) is 10.1 Å². The Morgan fingerprint density at radius 3 is 2.58 bits per heavy atom. The Labute approximate surface area is 112 Å². The van der Waals surface area contributed by atoms with E-state index in [9.17, 15) is 8.42 Å². The van der Waals surface area contributed by atoms with Crippen LogP contribution in [0.15, 0.2) is 29.3 Å². The molecule has 102 valence electrons. The van der Waals surface area contributed by atoms with E-state index in [1.807, 2.05) is 6.07 Å². The summed E-state index contributed by atoms with van der Waals surface area (Å²) in [6.45, 7) is 5.09. The Hall–Kier alpha value is -1.73. The second-order valence-corrected chi connectivity index (χ2v) is 6.01. The molecule has 1 atom stereocenters. The van der Waals surface area contributed by atoms with Crippen molar-refractivity contribution in [1.82, 2.24) is 19.9 Å². The van der Waals surface area contributed by atoms with Crippen LogP contribution in [0.25, 0.3) is 0 Å². The summed E-state index contributed by atoms with van der Waals surface area (Å²) < 4.78 is 27.2. The molecule has 7 heteroatoms. The normalized spacial score (nSPS) is 13.4. The van der Waals surface area contributed by atoms with Crippen molar-refractivity contribution in [3.8, 4) is 0 Å². The maximum atomic E-state index is 12.3. The first-order valence-electron chi connectivity index (χ1n) is 5.86. The standard InChI is InChI=1S/C12H16N4O2S/c1-8(11-6-4-5-7-13-11)16-19(17,18)12-9(2)14-15-10(12)3/h4-8,16H,1-3H3,(H,14,15). The van der Waals surface area contributed by atoms with Gasteiger partial charge in [0.1, 0.15) is 4.90 Å². The third kappa shape index (κ3) is 2.82. The Bertz CT molecular complexity index is 645. The summed E-state index contributed by atoms with van der Waals surface area (Å²) in [5.41, 5.74) is 1.65. The molecule has 0 radical (unpaired) electrons. The number of hydrogen-bond donors (Lipinski definition) is 2. The Balaban J connectivity index is 2.28.